The van der Waals surface area contributed by atoms with Crippen molar-refractivity contribution in [2.75, 3.05) is 12.9 Å². The van der Waals surface area contributed by atoms with Crippen LogP contribution in [0.2, 0.25) is 0 Å². The number of thioether (sulfide) groups is 1. The molecule has 1 saturated heterocycles. The SMILES string of the molecule is COC(=O)[C@@H]1CS[C@H](c2ccccc2)N1C(=O)Cl. The van der Waals surface area contributed by atoms with Crippen molar-refractivity contribution >= 4 is 34.7 Å². The Bertz CT molecular complexity index is 454. The molecule has 6 heteroatoms. The Balaban J connectivity index is 2.28. The molecule has 0 bridgehead atoms. The lowest BCUT2D eigenvalue weighted by molar-refractivity contribution is -0.144. The van der Waals surface area contributed by atoms with E-state index in [4.69, 9.17) is 16.3 Å². The van der Waals surface area contributed by atoms with Gasteiger partial charge in [0, 0.05) is 5.75 Å². The first kappa shape index (κ1) is 13.2. The molecule has 0 radical (unpaired) electrons. The molecule has 96 valence electrons. The predicted molar refractivity (Wildman–Crippen MR) is 70.5 cm³/mol. The molecule has 0 unspecified atom stereocenters. The predicted octanol–water partition coefficient (Wildman–Crippen LogP) is 2.63. The molecule has 1 aromatic rings. The van der Waals surface area contributed by atoms with Crippen molar-refractivity contribution in [1.29, 1.82) is 0 Å². The van der Waals surface area contributed by atoms with E-state index in [1.807, 2.05) is 30.3 Å². The van der Waals surface area contributed by atoms with E-state index in [1.165, 1.54) is 23.8 Å². The van der Waals surface area contributed by atoms with Gasteiger partial charge in [-0.2, -0.15) is 0 Å². The van der Waals surface area contributed by atoms with Crippen LogP contribution in [0.1, 0.15) is 10.9 Å². The van der Waals surface area contributed by atoms with Gasteiger partial charge in [-0.15, -0.1) is 11.8 Å². The molecule has 0 aromatic heterocycles. The van der Waals surface area contributed by atoms with Crippen LogP contribution in [0.4, 0.5) is 4.79 Å². The number of methoxy groups -OCH3 is 1. The van der Waals surface area contributed by atoms with Gasteiger partial charge >= 0.3 is 11.3 Å². The minimum absolute atomic E-state index is 0.236. The summed E-state index contributed by atoms with van der Waals surface area (Å²) in [6.45, 7) is 0. The summed E-state index contributed by atoms with van der Waals surface area (Å²) in [5, 5.41) is -0.871. The van der Waals surface area contributed by atoms with Gasteiger partial charge in [0.05, 0.1) is 7.11 Å². The van der Waals surface area contributed by atoms with Crippen molar-refractivity contribution in [3.05, 3.63) is 35.9 Å². The highest BCUT2D eigenvalue weighted by atomic mass is 35.5. The Kier molecular flexibility index (Phi) is 4.14. The number of hydrogen-bond donors (Lipinski definition) is 0. The molecule has 1 aliphatic rings. The third kappa shape index (κ3) is 2.47. The molecule has 2 atom stereocenters. The Morgan fingerprint density at radius 3 is 2.61 bits per heavy atom. The van der Waals surface area contributed by atoms with Gasteiger partial charge in [0.15, 0.2) is 0 Å². The summed E-state index contributed by atoms with van der Waals surface area (Å²) in [6.07, 6.45) is 0. The Morgan fingerprint density at radius 2 is 2.06 bits per heavy atom. The van der Waals surface area contributed by atoms with Crippen molar-refractivity contribution in [2.24, 2.45) is 0 Å². The third-order valence-electron chi connectivity index (χ3n) is 2.76. The van der Waals surface area contributed by atoms with Crippen LogP contribution in [0, 0.1) is 0 Å². The van der Waals surface area contributed by atoms with Crippen molar-refractivity contribution in [3.8, 4) is 0 Å². The number of amides is 1. The van der Waals surface area contributed by atoms with Gasteiger partial charge in [0.2, 0.25) is 0 Å². The molecule has 1 fully saturated rings. The lowest BCUT2D eigenvalue weighted by Crippen LogP contribution is -2.41. The number of rotatable bonds is 2. The molecule has 18 heavy (non-hydrogen) atoms. The standard InChI is InChI=1S/C12H12ClNO3S/c1-17-11(15)9-7-18-10(14(9)12(13)16)8-5-3-2-4-6-8/h2-6,9-10H,7H2,1H3/t9-,10+/m0/s1. The van der Waals surface area contributed by atoms with Gasteiger partial charge < -0.3 is 4.74 Å². The van der Waals surface area contributed by atoms with Crippen LogP contribution in [0.3, 0.4) is 0 Å². The second-order valence-electron chi connectivity index (χ2n) is 3.80. The average Bonchev–Trinajstić information content (AvgIpc) is 2.83. The monoisotopic (exact) mass is 285 g/mol. The lowest BCUT2D eigenvalue weighted by atomic mass is 10.2. The minimum Gasteiger partial charge on any atom is -0.467 e. The molecule has 0 saturated carbocycles. The molecule has 2 rings (SSSR count). The van der Waals surface area contributed by atoms with Crippen LogP contribution >= 0.6 is 23.4 Å². The van der Waals surface area contributed by atoms with E-state index in [0.717, 1.165) is 5.56 Å². The first-order valence-corrected chi connectivity index (χ1v) is 6.80. The molecule has 0 aliphatic carbocycles. The van der Waals surface area contributed by atoms with E-state index in [-0.39, 0.29) is 5.37 Å². The Morgan fingerprint density at radius 1 is 1.39 bits per heavy atom. The number of halogens is 1. The van der Waals surface area contributed by atoms with Crippen LogP contribution < -0.4 is 0 Å². The molecule has 0 N–H and O–H groups in total. The topological polar surface area (TPSA) is 46.6 Å². The Hall–Kier alpha value is -1.20. The second kappa shape index (κ2) is 5.63. The maximum absolute atomic E-state index is 11.6. The van der Waals surface area contributed by atoms with E-state index in [2.05, 4.69) is 0 Å². The fourth-order valence-electron chi connectivity index (χ4n) is 1.91. The number of benzene rings is 1. The second-order valence-corrected chi connectivity index (χ2v) is 5.23. The van der Waals surface area contributed by atoms with E-state index < -0.39 is 17.4 Å². The lowest BCUT2D eigenvalue weighted by Gasteiger charge is -2.25. The normalized spacial score (nSPS) is 22.9. The number of carbonyl (C=O) groups excluding carboxylic acids is 2. The molecule has 1 aromatic carbocycles. The van der Waals surface area contributed by atoms with Crippen LogP contribution in [-0.4, -0.2) is 35.1 Å². The van der Waals surface area contributed by atoms with E-state index in [9.17, 15) is 9.59 Å². The molecule has 1 amide bonds. The first-order chi connectivity index (χ1) is 8.65. The molecule has 1 aliphatic heterocycles. The van der Waals surface area contributed by atoms with Crippen molar-refractivity contribution < 1.29 is 14.3 Å². The van der Waals surface area contributed by atoms with Crippen molar-refractivity contribution in [2.45, 2.75) is 11.4 Å². The van der Waals surface area contributed by atoms with Gasteiger partial charge in [0.1, 0.15) is 11.4 Å². The summed E-state index contributed by atoms with van der Waals surface area (Å²) < 4.78 is 4.69. The van der Waals surface area contributed by atoms with Gasteiger partial charge in [-0.3, -0.25) is 9.69 Å². The molecular formula is C12H12ClNO3S. The number of esters is 1. The van der Waals surface area contributed by atoms with Gasteiger partial charge in [0.25, 0.3) is 0 Å². The zero-order chi connectivity index (χ0) is 13.1. The summed E-state index contributed by atoms with van der Waals surface area (Å²) in [5.41, 5.74) is 0.947. The van der Waals surface area contributed by atoms with Crippen molar-refractivity contribution in [3.63, 3.8) is 0 Å². The zero-order valence-electron chi connectivity index (χ0n) is 9.71. The summed E-state index contributed by atoms with van der Waals surface area (Å²) in [4.78, 5) is 24.5. The Labute approximate surface area is 114 Å². The largest absolute Gasteiger partial charge is 0.467 e. The number of nitrogens with zero attached hydrogens (tertiary/aromatic N) is 1. The highest BCUT2D eigenvalue weighted by Gasteiger charge is 2.42. The van der Waals surface area contributed by atoms with Crippen molar-refractivity contribution in [1.82, 2.24) is 4.90 Å². The van der Waals surface area contributed by atoms with Crippen LogP contribution in [0.25, 0.3) is 0 Å². The summed E-state index contributed by atoms with van der Waals surface area (Å²) in [7, 11) is 1.31. The maximum atomic E-state index is 11.6. The molecule has 1 heterocycles. The van der Waals surface area contributed by atoms with E-state index >= 15 is 0 Å². The molecule has 4 nitrogen and oxygen atoms in total. The number of hydrogen-bond acceptors (Lipinski definition) is 4. The summed E-state index contributed by atoms with van der Waals surface area (Å²) in [5.74, 6) is 0.0555. The molecule has 0 spiro atoms. The fourth-order valence-corrected chi connectivity index (χ4v) is 3.60. The third-order valence-corrected chi connectivity index (χ3v) is 4.28. The quantitative estimate of drug-likeness (QED) is 0.476. The average molecular weight is 286 g/mol. The molecular weight excluding hydrogens is 274 g/mol. The number of ether oxygens (including phenoxy) is 1. The zero-order valence-corrected chi connectivity index (χ0v) is 11.3. The van der Waals surface area contributed by atoms with E-state index in [1.54, 1.807) is 0 Å². The highest BCUT2D eigenvalue weighted by Crippen LogP contribution is 2.42. The summed E-state index contributed by atoms with van der Waals surface area (Å²) >= 11 is 7.09. The first-order valence-electron chi connectivity index (χ1n) is 5.37. The smallest absolute Gasteiger partial charge is 0.329 e. The van der Waals surface area contributed by atoms with Gasteiger partial charge in [-0.05, 0) is 17.2 Å². The minimum atomic E-state index is -0.635. The fraction of sp³-hybridized carbons (Fsp3) is 0.333. The highest BCUT2D eigenvalue weighted by molar-refractivity contribution is 7.99. The van der Waals surface area contributed by atoms with Crippen LogP contribution in [0.15, 0.2) is 30.3 Å². The van der Waals surface area contributed by atoms with Gasteiger partial charge in [-0.25, -0.2) is 4.79 Å². The van der Waals surface area contributed by atoms with E-state index in [0.29, 0.717) is 5.75 Å². The maximum Gasteiger partial charge on any atom is 0.329 e. The van der Waals surface area contributed by atoms with Crippen LogP contribution in [-0.2, 0) is 9.53 Å². The number of carbonyl (C=O) groups is 2. The van der Waals surface area contributed by atoms with Crippen LogP contribution in [0.5, 0.6) is 0 Å². The van der Waals surface area contributed by atoms with Gasteiger partial charge in [-0.1, -0.05) is 30.3 Å². The summed E-state index contributed by atoms with van der Waals surface area (Å²) in [6, 6.07) is 8.87.